The van der Waals surface area contributed by atoms with Crippen LogP contribution in [0.5, 0.6) is 0 Å². The number of rotatable bonds is 10. The molecule has 12 nitrogen and oxygen atoms in total. The predicted octanol–water partition coefficient (Wildman–Crippen LogP) is 1.14. The molecule has 3 rings (SSSR count). The highest BCUT2D eigenvalue weighted by atomic mass is 32.2. The van der Waals surface area contributed by atoms with Gasteiger partial charge >= 0.3 is 6.09 Å². The van der Waals surface area contributed by atoms with Crippen LogP contribution in [0.2, 0.25) is 0 Å². The van der Waals surface area contributed by atoms with E-state index >= 15 is 0 Å². The van der Waals surface area contributed by atoms with Crippen LogP contribution in [0.25, 0.3) is 0 Å². The van der Waals surface area contributed by atoms with Crippen molar-refractivity contribution in [2.75, 3.05) is 6.54 Å². The molecular weight excluding hydrogens is 516 g/mol. The monoisotopic (exact) mass is 560 g/mol. The lowest BCUT2D eigenvalue weighted by Crippen LogP contribution is -2.56. The molecule has 0 aromatic carbocycles. The van der Waals surface area contributed by atoms with Crippen molar-refractivity contribution in [1.82, 2.24) is 20.9 Å². The summed E-state index contributed by atoms with van der Waals surface area (Å²) in [4.78, 5) is 40.6. The average Bonchev–Trinajstić information content (AvgIpc) is 3.31. The van der Waals surface area contributed by atoms with Gasteiger partial charge in [-0.25, -0.2) is 4.79 Å². The average molecular weight is 561 g/mol. The molecule has 3 saturated heterocycles. The van der Waals surface area contributed by atoms with Crippen LogP contribution in [0.4, 0.5) is 4.79 Å². The Bertz CT molecular complexity index is 968. The summed E-state index contributed by atoms with van der Waals surface area (Å²) in [7, 11) is -4.92. The molecule has 5 unspecified atom stereocenters. The molecule has 3 fully saturated rings. The van der Waals surface area contributed by atoms with Gasteiger partial charge in [-0.2, -0.15) is 8.42 Å². The first kappa shape index (κ1) is 30.6. The second-order valence-electron chi connectivity index (χ2n) is 12.3. The fraction of sp³-hybridized carbons (Fsp3) is 0.880. The first-order valence-corrected chi connectivity index (χ1v) is 15.0. The van der Waals surface area contributed by atoms with Gasteiger partial charge in [0.2, 0.25) is 17.3 Å². The van der Waals surface area contributed by atoms with Gasteiger partial charge in [0.15, 0.2) is 0 Å². The highest BCUT2D eigenvalue weighted by molar-refractivity contribution is 7.86. The third kappa shape index (κ3) is 7.80. The Morgan fingerprint density at radius 2 is 1.74 bits per heavy atom. The van der Waals surface area contributed by atoms with E-state index in [2.05, 4.69) is 41.6 Å². The first-order valence-electron chi connectivity index (χ1n) is 13.5. The number of aliphatic hydroxyl groups excluding tert-OH is 1. The lowest BCUT2D eigenvalue weighted by Gasteiger charge is -2.46. The number of nitrogens with one attached hydrogen (secondary N) is 3. The molecule has 0 spiro atoms. The quantitative estimate of drug-likeness (QED) is 0.245. The maximum atomic E-state index is 13.2. The fourth-order valence-electron chi connectivity index (χ4n) is 6.26. The maximum Gasteiger partial charge on any atom is 0.408 e. The minimum atomic E-state index is -4.92. The lowest BCUT2D eigenvalue weighted by atomic mass is 9.93. The Morgan fingerprint density at radius 3 is 2.21 bits per heavy atom. The Morgan fingerprint density at radius 1 is 1.13 bits per heavy atom. The van der Waals surface area contributed by atoms with Crippen molar-refractivity contribution in [2.45, 2.75) is 121 Å². The maximum absolute atomic E-state index is 13.2. The number of nitrogens with zero attached hydrogens (tertiary/aromatic N) is 1. The minimum Gasteiger partial charge on any atom is -0.446 e. The number of aliphatic hydroxyl groups is 1. The van der Waals surface area contributed by atoms with Crippen molar-refractivity contribution in [3.05, 3.63) is 0 Å². The second kappa shape index (κ2) is 12.1. The van der Waals surface area contributed by atoms with Crippen LogP contribution in [-0.2, 0) is 24.4 Å². The van der Waals surface area contributed by atoms with E-state index < -0.39 is 45.6 Å². The molecule has 0 aromatic heterocycles. The number of alkyl carbamates (subject to hydrolysis) is 1. The molecule has 218 valence electrons. The van der Waals surface area contributed by atoms with Gasteiger partial charge in [0.25, 0.3) is 10.1 Å². The molecule has 6 atom stereocenters. The van der Waals surface area contributed by atoms with Crippen LogP contribution >= 0.6 is 0 Å². The van der Waals surface area contributed by atoms with E-state index in [1.54, 1.807) is 0 Å². The zero-order valence-electron chi connectivity index (χ0n) is 23.0. The smallest absolute Gasteiger partial charge is 0.408 e. The molecule has 3 aliphatic heterocycles. The van der Waals surface area contributed by atoms with E-state index in [-0.39, 0.29) is 36.3 Å². The third-order valence-corrected chi connectivity index (χ3v) is 8.67. The molecule has 3 amide bonds. The van der Waals surface area contributed by atoms with Gasteiger partial charge in [0.05, 0.1) is 6.04 Å². The molecule has 38 heavy (non-hydrogen) atoms. The topological polar surface area (TPSA) is 174 Å². The van der Waals surface area contributed by atoms with E-state index in [1.807, 2.05) is 13.8 Å². The molecule has 2 bridgehead atoms. The van der Waals surface area contributed by atoms with Gasteiger partial charge in [-0.15, -0.1) is 0 Å². The lowest BCUT2D eigenvalue weighted by molar-refractivity contribution is -0.126. The highest BCUT2D eigenvalue weighted by Gasteiger charge is 2.46. The molecule has 3 aliphatic rings. The highest BCUT2D eigenvalue weighted by Crippen LogP contribution is 2.41. The van der Waals surface area contributed by atoms with Gasteiger partial charge in [0.1, 0.15) is 12.1 Å². The van der Waals surface area contributed by atoms with Crippen molar-refractivity contribution in [2.24, 2.45) is 11.8 Å². The molecule has 5 N–H and O–H groups in total. The van der Waals surface area contributed by atoms with Crippen molar-refractivity contribution in [3.8, 4) is 0 Å². The van der Waals surface area contributed by atoms with Gasteiger partial charge in [-0.05, 0) is 58.8 Å². The van der Waals surface area contributed by atoms with Crippen LogP contribution < -0.4 is 16.0 Å². The Hall–Kier alpha value is -1.96. The Kier molecular flexibility index (Phi) is 9.70. The summed E-state index contributed by atoms with van der Waals surface area (Å²) < 4.78 is 38.5. The number of fused-ring (bicyclic) bond motifs is 2. The van der Waals surface area contributed by atoms with Crippen LogP contribution in [0.1, 0.15) is 79.6 Å². The van der Waals surface area contributed by atoms with Gasteiger partial charge in [-0.3, -0.25) is 19.0 Å². The summed E-state index contributed by atoms with van der Waals surface area (Å²) in [5.41, 5.74) is -2.29. The van der Waals surface area contributed by atoms with Gasteiger partial charge in [0, 0.05) is 42.9 Å². The van der Waals surface area contributed by atoms with Gasteiger partial charge < -0.3 is 25.8 Å². The molecule has 3 heterocycles. The molecule has 0 saturated carbocycles. The summed E-state index contributed by atoms with van der Waals surface area (Å²) in [6, 6.07) is -1.85. The summed E-state index contributed by atoms with van der Waals surface area (Å²) in [6.07, 6.45) is 2.98. The van der Waals surface area contributed by atoms with Crippen molar-refractivity contribution in [3.63, 3.8) is 0 Å². The second-order valence-corrected chi connectivity index (χ2v) is 13.8. The van der Waals surface area contributed by atoms with Gasteiger partial charge in [-0.1, -0.05) is 13.8 Å². The van der Waals surface area contributed by atoms with Crippen molar-refractivity contribution < 1.29 is 37.2 Å². The standard InChI is InChI=1S/C25H44N4O8S/c1-14(2)10-19(22(31)27-20(23(32)38(34,35)36)11-15-8-9-26-21(15)30)28-24(33)37-18-12-16-6-7-17(13-18)29(16)25(3,4)5/h14-20,23,32H,6-13H2,1-5H3,(H,26,30)(H,27,31)(H,28,33)(H,34,35,36)/t15?,16?,17?,18?,19-,20?,23?/m0/s1. The van der Waals surface area contributed by atoms with Crippen molar-refractivity contribution in [1.29, 1.82) is 0 Å². The van der Waals surface area contributed by atoms with Crippen molar-refractivity contribution >= 4 is 28.0 Å². The van der Waals surface area contributed by atoms with Crippen LogP contribution in [0.3, 0.4) is 0 Å². The van der Waals surface area contributed by atoms with E-state index in [1.165, 1.54) is 0 Å². The Balaban J connectivity index is 1.65. The summed E-state index contributed by atoms with van der Waals surface area (Å²) in [6.45, 7) is 10.7. The summed E-state index contributed by atoms with van der Waals surface area (Å²) in [5, 5.41) is 17.9. The van der Waals surface area contributed by atoms with E-state index in [9.17, 15) is 32.5 Å². The van der Waals surface area contributed by atoms with Crippen LogP contribution in [0.15, 0.2) is 0 Å². The molecule has 0 radical (unpaired) electrons. The number of hydrogen-bond acceptors (Lipinski definition) is 8. The Labute approximate surface area is 225 Å². The largest absolute Gasteiger partial charge is 0.446 e. The first-order chi connectivity index (χ1) is 17.6. The minimum absolute atomic E-state index is 0.0116. The number of carbonyl (C=O) groups is 3. The number of amides is 3. The normalized spacial score (nSPS) is 28.5. The fourth-order valence-corrected chi connectivity index (χ4v) is 6.86. The van der Waals surface area contributed by atoms with E-state index in [0.29, 0.717) is 37.9 Å². The third-order valence-electron chi connectivity index (χ3n) is 7.73. The number of carbonyl (C=O) groups excluding carboxylic acids is 3. The SMILES string of the molecule is CC(C)C[C@H](NC(=O)OC1CC2CCC(C1)N2C(C)(C)C)C(=O)NC(CC1CCNC1=O)C(O)S(=O)(=O)O. The van der Waals surface area contributed by atoms with Crippen LogP contribution in [0, 0.1) is 11.8 Å². The predicted molar refractivity (Wildman–Crippen MR) is 140 cm³/mol. The summed E-state index contributed by atoms with van der Waals surface area (Å²) in [5.74, 6) is -1.70. The summed E-state index contributed by atoms with van der Waals surface area (Å²) >= 11 is 0. The number of ether oxygens (including phenoxy) is 1. The number of hydrogen-bond donors (Lipinski definition) is 5. The molecule has 0 aromatic rings. The number of piperidine rings is 1. The van der Waals surface area contributed by atoms with E-state index in [0.717, 1.165) is 12.8 Å². The molecule has 0 aliphatic carbocycles. The zero-order valence-corrected chi connectivity index (χ0v) is 23.8. The molecular formula is C25H44N4O8S. The zero-order chi connectivity index (χ0) is 28.4. The molecule has 13 heteroatoms. The van der Waals surface area contributed by atoms with Crippen LogP contribution in [-0.4, -0.2) is 88.7 Å². The van der Waals surface area contributed by atoms with E-state index in [4.69, 9.17) is 4.74 Å².